The van der Waals surface area contributed by atoms with Crippen molar-refractivity contribution in [3.8, 4) is 55.6 Å². The quantitative estimate of drug-likeness (QED) is 0.153. The maximum Gasteiger partial charge on any atom is 0.0540 e. The Morgan fingerprint density at radius 1 is 0.220 bits per heavy atom. The molecule has 11 aromatic rings. The van der Waals surface area contributed by atoms with E-state index in [2.05, 4.69) is 229 Å². The van der Waals surface area contributed by atoms with Crippen molar-refractivity contribution in [2.45, 2.75) is 0 Å². The third kappa shape index (κ3) is 5.62. The van der Waals surface area contributed by atoms with E-state index < -0.39 is 0 Å². The molecular weight excluding hydrogens is 711 g/mol. The van der Waals surface area contributed by atoms with E-state index in [0.717, 1.165) is 17.1 Å². The molecule has 0 amide bonds. The van der Waals surface area contributed by atoms with Crippen molar-refractivity contribution < 1.29 is 0 Å². The van der Waals surface area contributed by atoms with Crippen LogP contribution in [0.3, 0.4) is 0 Å². The van der Waals surface area contributed by atoms with Gasteiger partial charge in [-0.15, -0.1) is 0 Å². The van der Waals surface area contributed by atoms with Gasteiger partial charge in [-0.3, -0.25) is 0 Å². The van der Waals surface area contributed by atoms with Crippen LogP contribution in [-0.4, -0.2) is 0 Å². The summed E-state index contributed by atoms with van der Waals surface area (Å²) in [5.74, 6) is 0. The van der Waals surface area contributed by atoms with Crippen LogP contribution in [0.15, 0.2) is 224 Å². The highest BCUT2D eigenvalue weighted by Crippen LogP contribution is 2.52. The molecular formula is C58H37N. The van der Waals surface area contributed by atoms with E-state index in [-0.39, 0.29) is 0 Å². The summed E-state index contributed by atoms with van der Waals surface area (Å²) in [4.78, 5) is 2.42. The van der Waals surface area contributed by atoms with Gasteiger partial charge in [0.2, 0.25) is 0 Å². The predicted octanol–water partition coefficient (Wildman–Crippen LogP) is 16.4. The van der Waals surface area contributed by atoms with Crippen LogP contribution < -0.4 is 4.90 Å². The maximum absolute atomic E-state index is 2.42. The zero-order valence-corrected chi connectivity index (χ0v) is 32.3. The first kappa shape index (κ1) is 33.4. The van der Waals surface area contributed by atoms with Crippen molar-refractivity contribution in [2.24, 2.45) is 0 Å². The van der Waals surface area contributed by atoms with Crippen LogP contribution in [0.5, 0.6) is 0 Å². The Bertz CT molecular complexity index is 3400. The van der Waals surface area contributed by atoms with Gasteiger partial charge >= 0.3 is 0 Å². The number of anilines is 3. The van der Waals surface area contributed by atoms with Gasteiger partial charge in [-0.25, -0.2) is 0 Å². The Morgan fingerprint density at radius 2 is 0.661 bits per heavy atom. The molecule has 0 bridgehead atoms. The standard InChI is InChI=1S/C58H37N/c1-3-10-38(11-4-1)40-22-27-49(28-23-40)59(50-29-24-41(25-30-50)44-26-31-52-47(32-44)21-18-42-14-7-8-16-51(42)52)58-17-9-15-46-35-55-56-36-48-33-43(39-12-5-2-6-13-39)19-20-45(48)34-54(56)57(55)37-53(46)58/h1-37H. The molecule has 0 radical (unpaired) electrons. The van der Waals surface area contributed by atoms with Crippen molar-refractivity contribution in [2.75, 3.05) is 4.90 Å². The first-order chi connectivity index (χ1) is 29.2. The van der Waals surface area contributed by atoms with Crippen molar-refractivity contribution >= 4 is 60.2 Å². The molecule has 0 unspecified atom stereocenters. The van der Waals surface area contributed by atoms with Gasteiger partial charge in [0.15, 0.2) is 0 Å². The summed E-state index contributed by atoms with van der Waals surface area (Å²) < 4.78 is 0. The second kappa shape index (κ2) is 13.4. The van der Waals surface area contributed by atoms with Gasteiger partial charge < -0.3 is 4.90 Å². The molecule has 1 aliphatic rings. The van der Waals surface area contributed by atoms with Crippen molar-refractivity contribution in [3.63, 3.8) is 0 Å². The molecule has 59 heavy (non-hydrogen) atoms. The van der Waals surface area contributed by atoms with E-state index in [9.17, 15) is 0 Å². The predicted molar refractivity (Wildman–Crippen MR) is 252 cm³/mol. The van der Waals surface area contributed by atoms with Gasteiger partial charge in [-0.2, -0.15) is 0 Å². The summed E-state index contributed by atoms with van der Waals surface area (Å²) in [6.45, 7) is 0. The third-order valence-electron chi connectivity index (χ3n) is 12.3. The molecule has 12 rings (SSSR count). The van der Waals surface area contributed by atoms with E-state index in [1.54, 1.807) is 0 Å². The number of hydrogen-bond donors (Lipinski definition) is 0. The third-order valence-corrected chi connectivity index (χ3v) is 12.3. The smallest absolute Gasteiger partial charge is 0.0540 e. The van der Waals surface area contributed by atoms with Crippen LogP contribution in [-0.2, 0) is 0 Å². The largest absolute Gasteiger partial charge is 0.310 e. The molecule has 0 spiro atoms. The zero-order chi connectivity index (χ0) is 38.9. The Labute approximate surface area is 343 Å². The van der Waals surface area contributed by atoms with Gasteiger partial charge in [0, 0.05) is 16.8 Å². The molecule has 0 aliphatic heterocycles. The number of fused-ring (bicyclic) bond motifs is 9. The highest BCUT2D eigenvalue weighted by atomic mass is 15.1. The molecule has 1 heteroatoms. The topological polar surface area (TPSA) is 3.24 Å². The lowest BCUT2D eigenvalue weighted by atomic mass is 9.77. The molecule has 0 atom stereocenters. The Balaban J connectivity index is 0.956. The molecule has 0 N–H and O–H groups in total. The first-order valence-electron chi connectivity index (χ1n) is 20.4. The van der Waals surface area contributed by atoms with Crippen molar-refractivity contribution in [3.05, 3.63) is 224 Å². The second-order valence-corrected chi connectivity index (χ2v) is 15.7. The molecule has 274 valence electrons. The number of rotatable bonds is 6. The highest BCUT2D eigenvalue weighted by molar-refractivity contribution is 6.14. The lowest BCUT2D eigenvalue weighted by Crippen LogP contribution is -2.11. The van der Waals surface area contributed by atoms with Gasteiger partial charge in [-0.05, 0) is 160 Å². The Kier molecular flexibility index (Phi) is 7.61. The number of hydrogen-bond acceptors (Lipinski definition) is 1. The van der Waals surface area contributed by atoms with E-state index in [1.807, 2.05) is 0 Å². The van der Waals surface area contributed by atoms with Crippen LogP contribution >= 0.6 is 0 Å². The van der Waals surface area contributed by atoms with Crippen LogP contribution in [0.2, 0.25) is 0 Å². The van der Waals surface area contributed by atoms with Crippen molar-refractivity contribution in [1.29, 1.82) is 0 Å². The number of benzene rings is 11. The maximum atomic E-state index is 2.42. The fourth-order valence-electron chi connectivity index (χ4n) is 9.30. The van der Waals surface area contributed by atoms with E-state index >= 15 is 0 Å². The van der Waals surface area contributed by atoms with Gasteiger partial charge in [0.05, 0.1) is 5.69 Å². The number of nitrogens with zero attached hydrogens (tertiary/aromatic N) is 1. The van der Waals surface area contributed by atoms with Crippen LogP contribution in [0.4, 0.5) is 17.1 Å². The van der Waals surface area contributed by atoms with Crippen LogP contribution in [0.1, 0.15) is 0 Å². The fourth-order valence-corrected chi connectivity index (χ4v) is 9.30. The minimum atomic E-state index is 1.11. The molecule has 1 aliphatic carbocycles. The lowest BCUT2D eigenvalue weighted by Gasteiger charge is -2.30. The lowest BCUT2D eigenvalue weighted by molar-refractivity contribution is 1.30. The highest BCUT2D eigenvalue weighted by Gasteiger charge is 2.26. The zero-order valence-electron chi connectivity index (χ0n) is 32.3. The Morgan fingerprint density at radius 3 is 1.37 bits per heavy atom. The van der Waals surface area contributed by atoms with E-state index in [1.165, 1.54) is 98.7 Å². The van der Waals surface area contributed by atoms with Gasteiger partial charge in [-0.1, -0.05) is 158 Å². The molecule has 0 fully saturated rings. The first-order valence-corrected chi connectivity index (χ1v) is 20.4. The average Bonchev–Trinajstić information content (AvgIpc) is 3.31. The monoisotopic (exact) mass is 747 g/mol. The summed E-state index contributed by atoms with van der Waals surface area (Å²) in [6, 6.07) is 82.5. The molecule has 0 saturated heterocycles. The van der Waals surface area contributed by atoms with Gasteiger partial charge in [0.25, 0.3) is 0 Å². The molecule has 0 heterocycles. The summed E-state index contributed by atoms with van der Waals surface area (Å²) in [6.07, 6.45) is 0. The Hall–Kier alpha value is -7.74. The summed E-state index contributed by atoms with van der Waals surface area (Å²) in [7, 11) is 0. The minimum absolute atomic E-state index is 1.11. The molecule has 0 aromatic heterocycles. The summed E-state index contributed by atoms with van der Waals surface area (Å²) in [5, 5.41) is 10.1. The van der Waals surface area contributed by atoms with Crippen LogP contribution in [0.25, 0.3) is 98.7 Å². The molecule has 1 nitrogen and oxygen atoms in total. The normalized spacial score (nSPS) is 11.7. The summed E-state index contributed by atoms with van der Waals surface area (Å²) >= 11 is 0. The van der Waals surface area contributed by atoms with Crippen molar-refractivity contribution in [1.82, 2.24) is 0 Å². The van der Waals surface area contributed by atoms with Gasteiger partial charge in [0.1, 0.15) is 0 Å². The minimum Gasteiger partial charge on any atom is -0.310 e. The summed E-state index contributed by atoms with van der Waals surface area (Å²) in [5.41, 5.74) is 16.0. The van der Waals surface area contributed by atoms with E-state index in [4.69, 9.17) is 0 Å². The average molecular weight is 748 g/mol. The second-order valence-electron chi connectivity index (χ2n) is 15.7. The SMILES string of the molecule is c1ccc(-c2ccc(N(c3ccc(-c4ccc5c(ccc6ccccc65)c4)cc3)c3cccc4cc5c(cc34)-c3cc4ccc(-c6ccccc6)cc4cc3-5)cc2)cc1. The van der Waals surface area contributed by atoms with Crippen LogP contribution in [0, 0.1) is 0 Å². The molecule has 0 saturated carbocycles. The fraction of sp³-hybridized carbons (Fsp3) is 0. The molecule has 11 aromatic carbocycles. The van der Waals surface area contributed by atoms with E-state index in [0.29, 0.717) is 0 Å².